The average Bonchev–Trinajstić information content (AvgIpc) is 3.11. The normalized spacial score (nSPS) is 18.9. The quantitative estimate of drug-likeness (QED) is 0.639. The second-order valence-corrected chi connectivity index (χ2v) is 7.00. The summed E-state index contributed by atoms with van der Waals surface area (Å²) in [6.07, 6.45) is 3.04. The molecule has 1 aromatic carbocycles. The van der Waals surface area contributed by atoms with Crippen molar-refractivity contribution in [3.63, 3.8) is 0 Å². The Bertz CT molecular complexity index is 875. The number of nitrogens with zero attached hydrogens (tertiary/aromatic N) is 2. The van der Waals surface area contributed by atoms with E-state index >= 15 is 0 Å². The van der Waals surface area contributed by atoms with Gasteiger partial charge in [0.15, 0.2) is 5.17 Å². The number of carbonyl (C=O) groups excluding carboxylic acids is 2. The third kappa shape index (κ3) is 4.60. The van der Waals surface area contributed by atoms with Crippen LogP contribution in [0.4, 0.5) is 5.69 Å². The number of aryl methyl sites for hydroxylation is 2. The Morgan fingerprint density at radius 3 is 2.92 bits per heavy atom. The van der Waals surface area contributed by atoms with Gasteiger partial charge in [0.1, 0.15) is 11.0 Å². The van der Waals surface area contributed by atoms with Crippen LogP contribution in [-0.2, 0) is 9.59 Å². The molecule has 134 valence electrons. The number of benzene rings is 1. The number of carbonyl (C=O) groups is 2. The first-order valence-corrected chi connectivity index (χ1v) is 8.88. The molecule has 0 aliphatic carbocycles. The molecule has 1 aliphatic rings. The highest BCUT2D eigenvalue weighted by atomic mass is 32.2. The van der Waals surface area contributed by atoms with E-state index in [-0.39, 0.29) is 23.4 Å². The fraction of sp³-hybridized carbons (Fsp3) is 0.222. The van der Waals surface area contributed by atoms with Crippen molar-refractivity contribution in [2.45, 2.75) is 25.5 Å². The summed E-state index contributed by atoms with van der Waals surface area (Å²) in [5, 5.41) is 13.0. The molecule has 2 amide bonds. The number of amides is 2. The lowest BCUT2D eigenvalue weighted by Gasteiger charge is -2.21. The lowest BCUT2D eigenvalue weighted by Crippen LogP contribution is -2.41. The molecule has 1 atom stereocenters. The SMILES string of the molecule is Cc1ccc(NC(=O)[C@@H]2CC(=O)NC(=N/N=C/c3ccco3)S2)cc1C. The van der Waals surface area contributed by atoms with E-state index in [9.17, 15) is 9.59 Å². The van der Waals surface area contributed by atoms with Crippen molar-refractivity contribution in [2.24, 2.45) is 10.2 Å². The highest BCUT2D eigenvalue weighted by Gasteiger charge is 2.30. The summed E-state index contributed by atoms with van der Waals surface area (Å²) < 4.78 is 5.11. The Hall–Kier alpha value is -2.87. The monoisotopic (exact) mass is 370 g/mol. The topological polar surface area (TPSA) is 96.1 Å². The minimum absolute atomic E-state index is 0.0856. The van der Waals surface area contributed by atoms with E-state index in [2.05, 4.69) is 20.8 Å². The standard InChI is InChI=1S/C18H18N4O3S/c1-11-5-6-13(8-12(11)2)20-17(24)15-9-16(23)21-18(26-15)22-19-10-14-4-3-7-25-14/h3-8,10,15H,9H2,1-2H3,(H,20,24)(H,21,22,23)/b19-10+/t15-/m0/s1. The van der Waals surface area contributed by atoms with Crippen LogP contribution in [-0.4, -0.2) is 28.4 Å². The number of hydrogen-bond acceptors (Lipinski definition) is 6. The second kappa shape index (κ2) is 8.01. The van der Waals surface area contributed by atoms with Crippen molar-refractivity contribution in [3.8, 4) is 0 Å². The summed E-state index contributed by atoms with van der Waals surface area (Å²) in [7, 11) is 0. The molecule has 2 heterocycles. The van der Waals surface area contributed by atoms with Crippen LogP contribution in [0.25, 0.3) is 0 Å². The number of anilines is 1. The summed E-state index contributed by atoms with van der Waals surface area (Å²) >= 11 is 1.17. The minimum Gasteiger partial charge on any atom is -0.463 e. The maximum atomic E-state index is 12.5. The first-order valence-electron chi connectivity index (χ1n) is 8.00. The van der Waals surface area contributed by atoms with E-state index in [0.29, 0.717) is 11.4 Å². The molecule has 8 heteroatoms. The Labute approximate surface area is 155 Å². The number of amidine groups is 1. The second-order valence-electron chi connectivity index (χ2n) is 5.81. The van der Waals surface area contributed by atoms with Crippen LogP contribution in [0.15, 0.2) is 51.2 Å². The van der Waals surface area contributed by atoms with Gasteiger partial charge in [-0.3, -0.25) is 9.59 Å². The molecule has 2 N–H and O–H groups in total. The first-order chi connectivity index (χ1) is 12.5. The fourth-order valence-electron chi connectivity index (χ4n) is 2.28. The largest absolute Gasteiger partial charge is 0.463 e. The van der Waals surface area contributed by atoms with E-state index in [0.717, 1.165) is 11.1 Å². The maximum absolute atomic E-state index is 12.5. The molecule has 1 aromatic heterocycles. The lowest BCUT2D eigenvalue weighted by atomic mass is 10.1. The molecule has 1 saturated heterocycles. The smallest absolute Gasteiger partial charge is 0.238 e. The molecule has 3 rings (SSSR count). The van der Waals surface area contributed by atoms with Crippen molar-refractivity contribution in [1.29, 1.82) is 0 Å². The van der Waals surface area contributed by atoms with Gasteiger partial charge in [-0.2, -0.15) is 5.10 Å². The summed E-state index contributed by atoms with van der Waals surface area (Å²) in [5.74, 6) is 0.0391. The van der Waals surface area contributed by atoms with Crippen molar-refractivity contribution < 1.29 is 14.0 Å². The molecule has 2 aromatic rings. The molecule has 1 fully saturated rings. The third-order valence-electron chi connectivity index (χ3n) is 3.81. The molecular weight excluding hydrogens is 352 g/mol. The van der Waals surface area contributed by atoms with E-state index in [1.807, 2.05) is 32.0 Å². The summed E-state index contributed by atoms with van der Waals surface area (Å²) in [6, 6.07) is 9.16. The maximum Gasteiger partial charge on any atom is 0.238 e. The Morgan fingerprint density at radius 2 is 2.19 bits per heavy atom. The Balaban J connectivity index is 1.66. The van der Waals surface area contributed by atoms with Gasteiger partial charge in [0, 0.05) is 12.1 Å². The first kappa shape index (κ1) is 17.9. The Kier molecular flexibility index (Phi) is 5.52. The van der Waals surface area contributed by atoms with Crippen molar-refractivity contribution in [3.05, 3.63) is 53.5 Å². The van der Waals surface area contributed by atoms with Crippen molar-refractivity contribution in [2.75, 3.05) is 5.32 Å². The molecular formula is C18H18N4O3S. The summed E-state index contributed by atoms with van der Waals surface area (Å²) in [4.78, 5) is 24.4. The van der Waals surface area contributed by atoms with Gasteiger partial charge < -0.3 is 15.1 Å². The van der Waals surface area contributed by atoms with E-state index in [1.54, 1.807) is 12.1 Å². The van der Waals surface area contributed by atoms with Gasteiger partial charge in [-0.25, -0.2) is 0 Å². The zero-order valence-electron chi connectivity index (χ0n) is 14.4. The molecule has 7 nitrogen and oxygen atoms in total. The average molecular weight is 370 g/mol. The van der Waals surface area contributed by atoms with Crippen LogP contribution >= 0.6 is 11.8 Å². The fourth-order valence-corrected chi connectivity index (χ4v) is 3.22. The van der Waals surface area contributed by atoms with Crippen molar-refractivity contribution in [1.82, 2.24) is 5.32 Å². The summed E-state index contributed by atoms with van der Waals surface area (Å²) in [6.45, 7) is 3.99. The minimum atomic E-state index is -0.567. The van der Waals surface area contributed by atoms with Crippen molar-refractivity contribution >= 4 is 40.6 Å². The number of rotatable bonds is 4. The van der Waals surface area contributed by atoms with E-state index in [4.69, 9.17) is 4.42 Å². The van der Waals surface area contributed by atoms with Crippen LogP contribution in [0.3, 0.4) is 0 Å². The molecule has 1 aliphatic heterocycles. The number of hydrogen-bond donors (Lipinski definition) is 2. The van der Waals surface area contributed by atoms with Gasteiger partial charge in [0.05, 0.1) is 12.5 Å². The van der Waals surface area contributed by atoms with Crippen LogP contribution in [0.5, 0.6) is 0 Å². The van der Waals surface area contributed by atoms with Crippen LogP contribution in [0, 0.1) is 13.8 Å². The highest BCUT2D eigenvalue weighted by molar-refractivity contribution is 8.15. The van der Waals surface area contributed by atoms with E-state index in [1.165, 1.54) is 24.2 Å². The number of furan rings is 1. The van der Waals surface area contributed by atoms with E-state index < -0.39 is 5.25 Å². The van der Waals surface area contributed by atoms with Gasteiger partial charge >= 0.3 is 0 Å². The van der Waals surface area contributed by atoms with Crippen LogP contribution in [0.1, 0.15) is 23.3 Å². The summed E-state index contributed by atoms with van der Waals surface area (Å²) in [5.41, 5.74) is 2.95. The van der Waals surface area contributed by atoms with Crippen LogP contribution in [0.2, 0.25) is 0 Å². The zero-order valence-corrected chi connectivity index (χ0v) is 15.2. The zero-order chi connectivity index (χ0) is 18.5. The van der Waals surface area contributed by atoms with Gasteiger partial charge in [0.25, 0.3) is 0 Å². The number of thioether (sulfide) groups is 1. The molecule has 0 radical (unpaired) electrons. The molecule has 26 heavy (non-hydrogen) atoms. The lowest BCUT2D eigenvalue weighted by molar-refractivity contribution is -0.123. The number of nitrogens with one attached hydrogen (secondary N) is 2. The van der Waals surface area contributed by atoms with Crippen LogP contribution < -0.4 is 10.6 Å². The van der Waals surface area contributed by atoms with Gasteiger partial charge in [-0.1, -0.05) is 17.8 Å². The Morgan fingerprint density at radius 1 is 1.35 bits per heavy atom. The predicted octanol–water partition coefficient (Wildman–Crippen LogP) is 2.85. The molecule has 0 unspecified atom stereocenters. The predicted molar refractivity (Wildman–Crippen MR) is 102 cm³/mol. The molecule has 0 spiro atoms. The molecule has 0 saturated carbocycles. The van der Waals surface area contributed by atoms with Gasteiger partial charge in [-0.05, 0) is 49.2 Å². The highest BCUT2D eigenvalue weighted by Crippen LogP contribution is 2.23. The van der Waals surface area contributed by atoms with Gasteiger partial charge in [0.2, 0.25) is 11.8 Å². The van der Waals surface area contributed by atoms with Gasteiger partial charge in [-0.15, -0.1) is 5.10 Å². The molecule has 0 bridgehead atoms. The third-order valence-corrected chi connectivity index (χ3v) is 4.89.